The molecule has 2 aliphatic rings. The maximum Gasteiger partial charge on any atom is 0.254 e. The highest BCUT2D eigenvalue weighted by molar-refractivity contribution is 6.08. The number of amides is 2. The van der Waals surface area contributed by atoms with Gasteiger partial charge in [0.05, 0.1) is 28.8 Å². The summed E-state index contributed by atoms with van der Waals surface area (Å²) in [6, 6.07) is 10.3. The molecule has 0 bridgehead atoms. The van der Waals surface area contributed by atoms with Gasteiger partial charge in [0, 0.05) is 43.5 Å². The lowest BCUT2D eigenvalue weighted by Gasteiger charge is -2.21. The van der Waals surface area contributed by atoms with Crippen LogP contribution >= 0.6 is 0 Å². The Morgan fingerprint density at radius 1 is 1.17 bits per heavy atom. The number of likely N-dealkylation sites (tertiary alicyclic amines) is 1. The average molecular weight is 556 g/mol. The summed E-state index contributed by atoms with van der Waals surface area (Å²) in [5.74, 6) is -0.943. The van der Waals surface area contributed by atoms with Gasteiger partial charge in [-0.1, -0.05) is 23.8 Å². The lowest BCUT2D eigenvalue weighted by molar-refractivity contribution is -0.120. The van der Waals surface area contributed by atoms with Crippen LogP contribution in [0.25, 0.3) is 22.3 Å². The molecule has 2 aliphatic heterocycles. The number of nitrogens with one attached hydrogen (secondary N) is 1. The van der Waals surface area contributed by atoms with E-state index in [9.17, 15) is 9.59 Å². The summed E-state index contributed by atoms with van der Waals surface area (Å²) in [6.07, 6.45) is 6.22. The molecule has 1 fully saturated rings. The van der Waals surface area contributed by atoms with Crippen LogP contribution in [0.2, 0.25) is 0 Å². The van der Waals surface area contributed by atoms with E-state index in [2.05, 4.69) is 50.5 Å². The van der Waals surface area contributed by atoms with Crippen LogP contribution in [0.5, 0.6) is 0 Å². The van der Waals surface area contributed by atoms with E-state index in [0.29, 0.717) is 22.3 Å². The third-order valence-electron chi connectivity index (χ3n) is 8.01. The number of likely N-dealkylation sites (N-methyl/N-ethyl adjacent to an activating group) is 1. The molecular weight excluding hydrogens is 514 g/mol. The number of carbonyl (C=O) groups is 2. The predicted octanol–water partition coefficient (Wildman–Crippen LogP) is 4.50. The maximum atomic E-state index is 13.6. The zero-order valence-corrected chi connectivity index (χ0v) is 24.9. The number of hydrogen-bond donors (Lipinski definition) is 1. The number of hydrogen-bond acceptors (Lipinski definition) is 6. The van der Waals surface area contributed by atoms with Crippen molar-refractivity contribution in [1.82, 2.24) is 29.9 Å². The van der Waals surface area contributed by atoms with Gasteiger partial charge in [-0.25, -0.2) is 14.7 Å². The molecule has 9 nitrogen and oxygen atoms in total. The fourth-order valence-electron chi connectivity index (χ4n) is 5.72. The van der Waals surface area contributed by atoms with E-state index in [0.717, 1.165) is 36.5 Å². The summed E-state index contributed by atoms with van der Waals surface area (Å²) < 4.78 is 1.85. The molecule has 0 radical (unpaired) electrons. The van der Waals surface area contributed by atoms with Gasteiger partial charge in [0.25, 0.3) is 11.8 Å². The molecule has 0 saturated carbocycles. The van der Waals surface area contributed by atoms with E-state index < -0.39 is 5.92 Å². The predicted molar refractivity (Wildman–Crippen MR) is 163 cm³/mol. The van der Waals surface area contributed by atoms with Crippen LogP contribution in [0.4, 0.5) is 0 Å². The van der Waals surface area contributed by atoms with Crippen molar-refractivity contribution in [2.75, 3.05) is 39.8 Å². The molecule has 1 saturated heterocycles. The molecule has 5 rings (SSSR count). The quantitative estimate of drug-likeness (QED) is 0.396. The molecule has 0 aliphatic carbocycles. The first-order chi connectivity index (χ1) is 19.7. The maximum absolute atomic E-state index is 13.6. The standard InChI is InChI=1S/C32H41N7O2/c1-21(2)39-30-28(19-34-39)26(31(40)33-18-27-22(3)15-23(4)35-32(27)41)17-29(36-30)25-10-8-9-24(16-25)20-37(5)13-14-38-11-6-7-12-38/h8-10,15-17,19,21,27H,6-7,11-14,18,20H2,1-5H3,(H,33,40). The van der Waals surface area contributed by atoms with Crippen LogP contribution in [0.3, 0.4) is 0 Å². The smallest absolute Gasteiger partial charge is 0.254 e. The Morgan fingerprint density at radius 3 is 2.68 bits per heavy atom. The lowest BCUT2D eigenvalue weighted by atomic mass is 9.95. The van der Waals surface area contributed by atoms with Crippen molar-refractivity contribution in [1.29, 1.82) is 0 Å². The summed E-state index contributed by atoms with van der Waals surface area (Å²) in [5.41, 5.74) is 5.63. The number of rotatable bonds is 10. The third-order valence-corrected chi connectivity index (χ3v) is 8.01. The van der Waals surface area contributed by atoms with Gasteiger partial charge in [-0.15, -0.1) is 0 Å². The zero-order valence-electron chi connectivity index (χ0n) is 24.9. The van der Waals surface area contributed by atoms with Gasteiger partial charge < -0.3 is 15.1 Å². The van der Waals surface area contributed by atoms with Gasteiger partial charge in [0.15, 0.2) is 5.65 Å². The van der Waals surface area contributed by atoms with Gasteiger partial charge in [-0.2, -0.15) is 5.10 Å². The minimum atomic E-state index is -0.461. The summed E-state index contributed by atoms with van der Waals surface area (Å²) >= 11 is 0. The van der Waals surface area contributed by atoms with Crippen molar-refractivity contribution in [2.45, 2.75) is 53.1 Å². The molecule has 2 aromatic heterocycles. The first-order valence-electron chi connectivity index (χ1n) is 14.6. The number of carbonyl (C=O) groups excluding carboxylic acids is 2. The lowest BCUT2D eigenvalue weighted by Crippen LogP contribution is -2.34. The van der Waals surface area contributed by atoms with E-state index in [1.54, 1.807) is 13.1 Å². The number of benzene rings is 1. The molecule has 4 heterocycles. The van der Waals surface area contributed by atoms with E-state index in [-0.39, 0.29) is 24.4 Å². The minimum absolute atomic E-state index is 0.0792. The van der Waals surface area contributed by atoms with Gasteiger partial charge in [0.2, 0.25) is 0 Å². The van der Waals surface area contributed by atoms with Crippen LogP contribution in [0.1, 0.15) is 62.5 Å². The van der Waals surface area contributed by atoms with Gasteiger partial charge in [-0.3, -0.25) is 9.59 Å². The molecular formula is C32H41N7O2. The molecule has 1 N–H and O–H groups in total. The number of fused-ring (bicyclic) bond motifs is 1. The Morgan fingerprint density at radius 2 is 1.95 bits per heavy atom. The highest BCUT2D eigenvalue weighted by Crippen LogP contribution is 2.27. The highest BCUT2D eigenvalue weighted by atomic mass is 16.2. The van der Waals surface area contributed by atoms with Crippen LogP contribution in [-0.4, -0.2) is 81.9 Å². The molecule has 216 valence electrons. The van der Waals surface area contributed by atoms with Crippen molar-refractivity contribution in [3.8, 4) is 11.3 Å². The summed E-state index contributed by atoms with van der Waals surface area (Å²) in [7, 11) is 2.16. The fourth-order valence-corrected chi connectivity index (χ4v) is 5.72. The normalized spacial score (nSPS) is 17.9. The summed E-state index contributed by atoms with van der Waals surface area (Å²) in [4.78, 5) is 40.0. The van der Waals surface area contributed by atoms with Crippen LogP contribution in [0.15, 0.2) is 53.2 Å². The van der Waals surface area contributed by atoms with Gasteiger partial charge in [0.1, 0.15) is 0 Å². The minimum Gasteiger partial charge on any atom is -0.351 e. The second kappa shape index (κ2) is 12.4. The van der Waals surface area contributed by atoms with Crippen molar-refractivity contribution < 1.29 is 9.59 Å². The monoisotopic (exact) mass is 555 g/mol. The van der Waals surface area contributed by atoms with Gasteiger partial charge in [-0.05, 0) is 84.4 Å². The number of allylic oxidation sites excluding steroid dienone is 1. The number of dihydropyridines is 1. The first-order valence-corrected chi connectivity index (χ1v) is 14.6. The Bertz CT molecular complexity index is 1500. The van der Waals surface area contributed by atoms with Crippen molar-refractivity contribution in [2.24, 2.45) is 10.9 Å². The zero-order chi connectivity index (χ0) is 29.1. The van der Waals surface area contributed by atoms with Crippen LogP contribution in [-0.2, 0) is 11.3 Å². The second-order valence-electron chi connectivity index (χ2n) is 11.7. The Balaban J connectivity index is 1.39. The molecule has 0 spiro atoms. The molecule has 1 atom stereocenters. The molecule has 3 aromatic rings. The van der Waals surface area contributed by atoms with Gasteiger partial charge >= 0.3 is 0 Å². The Labute approximate surface area is 242 Å². The second-order valence-corrected chi connectivity index (χ2v) is 11.7. The third kappa shape index (κ3) is 6.63. The van der Waals surface area contributed by atoms with Crippen molar-refractivity contribution >= 4 is 28.6 Å². The number of aliphatic imine (C=N–C) groups is 1. The largest absolute Gasteiger partial charge is 0.351 e. The van der Waals surface area contributed by atoms with E-state index in [1.807, 2.05) is 43.7 Å². The highest BCUT2D eigenvalue weighted by Gasteiger charge is 2.25. The Hall–Kier alpha value is -3.69. The molecule has 1 aromatic carbocycles. The number of pyridine rings is 1. The topological polar surface area (TPSA) is 95.7 Å². The molecule has 1 unspecified atom stereocenters. The number of aromatic nitrogens is 3. The molecule has 2 amide bonds. The van der Waals surface area contributed by atoms with E-state index in [4.69, 9.17) is 4.98 Å². The fraction of sp³-hybridized carbons (Fsp3) is 0.469. The molecule has 9 heteroatoms. The SMILES string of the molecule is CC1=CC(C)=NC(=O)C1CNC(=O)c1cc(-c2cccc(CN(C)CCN3CCCC3)c2)nc2c1cnn2C(C)C. The first kappa shape index (κ1) is 28.8. The van der Waals surface area contributed by atoms with Crippen molar-refractivity contribution in [3.63, 3.8) is 0 Å². The Kier molecular flexibility index (Phi) is 8.75. The van der Waals surface area contributed by atoms with Crippen LogP contribution < -0.4 is 5.32 Å². The van der Waals surface area contributed by atoms with E-state index >= 15 is 0 Å². The summed E-state index contributed by atoms with van der Waals surface area (Å²) in [5, 5.41) is 8.22. The number of nitrogens with zero attached hydrogens (tertiary/aromatic N) is 6. The van der Waals surface area contributed by atoms with Crippen molar-refractivity contribution in [3.05, 3.63) is 59.3 Å². The molecule has 41 heavy (non-hydrogen) atoms. The summed E-state index contributed by atoms with van der Waals surface area (Å²) in [6.45, 7) is 13.4. The van der Waals surface area contributed by atoms with E-state index in [1.165, 1.54) is 31.5 Å². The van der Waals surface area contributed by atoms with Crippen LogP contribution in [0, 0.1) is 5.92 Å². The average Bonchev–Trinajstić information content (AvgIpc) is 3.61.